The van der Waals surface area contributed by atoms with E-state index < -0.39 is 0 Å². The third kappa shape index (κ3) is 3.25. The molecular weight excluding hydrogens is 372 g/mol. The van der Waals surface area contributed by atoms with Crippen LogP contribution in [0.25, 0.3) is 22.2 Å². The molecule has 0 saturated carbocycles. The van der Waals surface area contributed by atoms with E-state index in [-0.39, 0.29) is 5.56 Å². The molecule has 28 heavy (non-hydrogen) atoms. The topological polar surface area (TPSA) is 59.8 Å². The maximum Gasteiger partial charge on any atom is 0.259 e. The van der Waals surface area contributed by atoms with Crippen molar-refractivity contribution in [3.05, 3.63) is 81.2 Å². The first-order valence-electron chi connectivity index (χ1n) is 8.90. The van der Waals surface area contributed by atoms with E-state index in [1.165, 1.54) is 10.1 Å². The fourth-order valence-corrected chi connectivity index (χ4v) is 3.55. The molecule has 0 aliphatic carbocycles. The number of benzene rings is 2. The summed E-state index contributed by atoms with van der Waals surface area (Å²) in [6, 6.07) is 15.4. The average Bonchev–Trinajstić information content (AvgIpc) is 2.68. The zero-order valence-electron chi connectivity index (χ0n) is 15.8. The zero-order chi connectivity index (χ0) is 19.8. The highest BCUT2D eigenvalue weighted by molar-refractivity contribution is 6.33. The molecule has 140 valence electrons. The van der Waals surface area contributed by atoms with E-state index in [2.05, 4.69) is 15.3 Å². The van der Waals surface area contributed by atoms with Gasteiger partial charge >= 0.3 is 0 Å². The second kappa shape index (κ2) is 7.09. The summed E-state index contributed by atoms with van der Waals surface area (Å²) >= 11 is 6.38. The molecule has 0 spiro atoms. The van der Waals surface area contributed by atoms with Gasteiger partial charge in [-0.25, -0.2) is 4.98 Å². The van der Waals surface area contributed by atoms with Crippen LogP contribution < -0.4 is 10.9 Å². The van der Waals surface area contributed by atoms with Crippen LogP contribution in [0.15, 0.2) is 59.5 Å². The Kier molecular flexibility index (Phi) is 4.61. The van der Waals surface area contributed by atoms with E-state index in [9.17, 15) is 4.79 Å². The van der Waals surface area contributed by atoms with Gasteiger partial charge in [-0.15, -0.1) is 0 Å². The molecule has 2 aromatic carbocycles. The quantitative estimate of drug-likeness (QED) is 0.534. The van der Waals surface area contributed by atoms with Crippen LogP contribution in [0.1, 0.15) is 11.1 Å². The van der Waals surface area contributed by atoms with Crippen molar-refractivity contribution in [2.45, 2.75) is 13.8 Å². The van der Waals surface area contributed by atoms with Crippen LogP contribution in [-0.2, 0) is 7.05 Å². The summed E-state index contributed by atoms with van der Waals surface area (Å²) in [7, 11) is 1.71. The normalized spacial score (nSPS) is 11.0. The molecule has 1 N–H and O–H groups in total. The smallest absolute Gasteiger partial charge is 0.259 e. The van der Waals surface area contributed by atoms with Gasteiger partial charge in [-0.3, -0.25) is 9.36 Å². The predicted octanol–water partition coefficient (Wildman–Crippen LogP) is 5.01. The summed E-state index contributed by atoms with van der Waals surface area (Å²) in [5, 5.41) is 4.50. The van der Waals surface area contributed by atoms with Gasteiger partial charge in [-0.1, -0.05) is 41.4 Å². The maximum absolute atomic E-state index is 13.0. The summed E-state index contributed by atoms with van der Waals surface area (Å²) in [6.07, 6.45) is 1.72. The number of rotatable bonds is 3. The number of hydrogen-bond acceptors (Lipinski definition) is 4. The Morgan fingerprint density at radius 1 is 1.07 bits per heavy atom. The first kappa shape index (κ1) is 18.2. The number of aromatic nitrogens is 3. The molecule has 0 unspecified atom stereocenters. The Bertz CT molecular complexity index is 1230. The van der Waals surface area contributed by atoms with Crippen LogP contribution in [-0.4, -0.2) is 14.5 Å². The monoisotopic (exact) mass is 390 g/mol. The summed E-state index contributed by atoms with van der Waals surface area (Å²) < 4.78 is 1.54. The Balaban J connectivity index is 1.82. The van der Waals surface area contributed by atoms with E-state index in [1.807, 2.05) is 56.3 Å². The van der Waals surface area contributed by atoms with Gasteiger partial charge in [0, 0.05) is 40.5 Å². The van der Waals surface area contributed by atoms with Crippen LogP contribution in [0.2, 0.25) is 5.02 Å². The lowest BCUT2D eigenvalue weighted by molar-refractivity contribution is 0.887. The van der Waals surface area contributed by atoms with Gasteiger partial charge in [-0.05, 0) is 43.7 Å². The fourth-order valence-electron chi connectivity index (χ4n) is 3.23. The summed E-state index contributed by atoms with van der Waals surface area (Å²) in [6.45, 7) is 3.97. The predicted molar refractivity (Wildman–Crippen MR) is 114 cm³/mol. The van der Waals surface area contributed by atoms with Gasteiger partial charge in [0.15, 0.2) is 0 Å². The molecule has 6 heteroatoms. The molecule has 0 amide bonds. The lowest BCUT2D eigenvalue weighted by Crippen LogP contribution is -2.20. The maximum atomic E-state index is 13.0. The lowest BCUT2D eigenvalue weighted by Gasteiger charge is -2.12. The second-order valence-corrected chi connectivity index (χ2v) is 7.22. The molecule has 0 aliphatic heterocycles. The van der Waals surface area contributed by atoms with Crippen LogP contribution in [0.3, 0.4) is 0 Å². The molecule has 0 fully saturated rings. The Morgan fingerprint density at radius 3 is 2.54 bits per heavy atom. The van der Waals surface area contributed by atoms with E-state index in [0.29, 0.717) is 22.2 Å². The van der Waals surface area contributed by atoms with Gasteiger partial charge in [0.1, 0.15) is 5.65 Å². The number of aryl methyl sites for hydroxylation is 3. The molecule has 0 bridgehead atoms. The molecule has 0 saturated heterocycles. The molecule has 5 nitrogen and oxygen atoms in total. The van der Waals surface area contributed by atoms with Gasteiger partial charge in [0.25, 0.3) is 5.56 Å². The second-order valence-electron chi connectivity index (χ2n) is 6.82. The van der Waals surface area contributed by atoms with Crippen molar-refractivity contribution in [1.29, 1.82) is 0 Å². The number of nitrogens with one attached hydrogen (secondary N) is 1. The molecule has 4 aromatic rings. The molecule has 0 aliphatic rings. The van der Waals surface area contributed by atoms with E-state index >= 15 is 0 Å². The van der Waals surface area contributed by atoms with Crippen LogP contribution in [0.4, 0.5) is 11.6 Å². The Hall–Kier alpha value is -3.18. The molecule has 2 heterocycles. The molecule has 0 radical (unpaired) electrons. The first-order chi connectivity index (χ1) is 13.4. The summed E-state index contributed by atoms with van der Waals surface area (Å²) in [4.78, 5) is 22.0. The van der Waals surface area contributed by atoms with E-state index in [0.717, 1.165) is 22.2 Å². The Morgan fingerprint density at radius 2 is 1.82 bits per heavy atom. The number of halogens is 1. The van der Waals surface area contributed by atoms with Crippen LogP contribution >= 0.6 is 11.6 Å². The fraction of sp³-hybridized carbons (Fsp3) is 0.136. The van der Waals surface area contributed by atoms with E-state index in [1.54, 1.807) is 19.3 Å². The summed E-state index contributed by atoms with van der Waals surface area (Å²) in [5.74, 6) is 0.438. The van der Waals surface area contributed by atoms with Crippen molar-refractivity contribution in [2.24, 2.45) is 7.05 Å². The van der Waals surface area contributed by atoms with Gasteiger partial charge in [0.05, 0.1) is 0 Å². The number of hydrogen-bond donors (Lipinski definition) is 1. The summed E-state index contributed by atoms with van der Waals surface area (Å²) in [5.41, 5.74) is 4.71. The highest BCUT2D eigenvalue weighted by Gasteiger charge is 2.15. The number of fused-ring (bicyclic) bond motifs is 1. The largest absolute Gasteiger partial charge is 0.324 e. The van der Waals surface area contributed by atoms with Gasteiger partial charge in [-0.2, -0.15) is 4.98 Å². The molecule has 4 rings (SSSR count). The van der Waals surface area contributed by atoms with Crippen molar-refractivity contribution in [3.63, 3.8) is 0 Å². The first-order valence-corrected chi connectivity index (χ1v) is 9.28. The van der Waals surface area contributed by atoms with Crippen LogP contribution in [0.5, 0.6) is 0 Å². The molecule has 0 atom stereocenters. The van der Waals surface area contributed by atoms with Crippen molar-refractivity contribution in [1.82, 2.24) is 14.5 Å². The van der Waals surface area contributed by atoms with Gasteiger partial charge in [0.2, 0.25) is 5.95 Å². The lowest BCUT2D eigenvalue weighted by atomic mass is 10.0. The highest BCUT2D eigenvalue weighted by atomic mass is 35.5. The molecule has 2 aromatic heterocycles. The standard InChI is InChI=1S/C22H19ClN4O/c1-13-7-9-16(10-8-13)25-22-24-12-15-11-17(21(28)27(3)20(15)26-22)19-14(2)5-4-6-18(19)23/h4-12H,1-3H3,(H,24,25,26). The highest BCUT2D eigenvalue weighted by Crippen LogP contribution is 2.30. The number of anilines is 2. The van der Waals surface area contributed by atoms with Crippen LogP contribution in [0, 0.1) is 13.8 Å². The number of nitrogens with zero attached hydrogens (tertiary/aromatic N) is 3. The van der Waals surface area contributed by atoms with Crippen molar-refractivity contribution in [3.8, 4) is 11.1 Å². The average molecular weight is 391 g/mol. The minimum Gasteiger partial charge on any atom is -0.324 e. The Labute approximate surface area is 167 Å². The minimum atomic E-state index is -0.149. The zero-order valence-corrected chi connectivity index (χ0v) is 16.6. The van der Waals surface area contributed by atoms with E-state index in [4.69, 9.17) is 11.6 Å². The van der Waals surface area contributed by atoms with Crippen molar-refractivity contribution >= 4 is 34.3 Å². The molecular formula is C22H19ClN4O. The minimum absolute atomic E-state index is 0.149. The SMILES string of the molecule is Cc1ccc(Nc2ncc3cc(-c4c(C)cccc4Cl)c(=O)n(C)c3n2)cc1. The third-order valence-electron chi connectivity index (χ3n) is 4.75. The van der Waals surface area contributed by atoms with Gasteiger partial charge < -0.3 is 5.32 Å². The third-order valence-corrected chi connectivity index (χ3v) is 5.06. The van der Waals surface area contributed by atoms with Crippen molar-refractivity contribution < 1.29 is 0 Å². The number of pyridine rings is 1. The van der Waals surface area contributed by atoms with Crippen molar-refractivity contribution in [2.75, 3.05) is 5.32 Å².